The summed E-state index contributed by atoms with van der Waals surface area (Å²) in [6.45, 7) is -1.85. The molecule has 0 saturated heterocycles. The number of Topliss-reactive ketones (excluding diaryl/α,β-unsaturated/α-hetero) is 1. The molecule has 6 nitrogen and oxygen atoms in total. The van der Waals surface area contributed by atoms with Crippen molar-refractivity contribution in [2.45, 2.75) is 6.10 Å². The third-order valence-electron chi connectivity index (χ3n) is 0.774. The Morgan fingerprint density at radius 2 is 1.33 bits per heavy atom. The number of carbonyl (C=O) groups excluding carboxylic acids is 1. The molecule has 0 saturated carbocycles. The van der Waals surface area contributed by atoms with Crippen LogP contribution in [0.3, 0.4) is 0 Å². The number of ketones is 1. The molecule has 5 N–H and O–H groups in total. The van der Waals surface area contributed by atoms with Crippen LogP contribution in [0.25, 0.3) is 0 Å². The maximum atomic E-state index is 9.68. The molecule has 12 heavy (non-hydrogen) atoms. The molecule has 6 heteroatoms. The minimum absolute atomic E-state index is 0.365. The van der Waals surface area contributed by atoms with Gasteiger partial charge in [0, 0.05) is 0 Å². The van der Waals surface area contributed by atoms with Gasteiger partial charge in [0.25, 0.3) is 0 Å². The minimum Gasteiger partial charge on any atom is -0.394 e. The molecule has 0 aliphatic heterocycles. The highest BCUT2D eigenvalue weighted by Gasteiger charge is 1.93. The molecule has 0 fully saturated rings. The fourth-order valence-electron chi connectivity index (χ4n) is 0.108. The second-order valence-corrected chi connectivity index (χ2v) is 1.87. The van der Waals surface area contributed by atoms with Gasteiger partial charge in [-0.2, -0.15) is 0 Å². The van der Waals surface area contributed by atoms with E-state index in [4.69, 9.17) is 25.5 Å². The second kappa shape index (κ2) is 10.5. The lowest BCUT2D eigenvalue weighted by Crippen LogP contribution is -2.15. The molecule has 0 rings (SSSR count). The van der Waals surface area contributed by atoms with Crippen LogP contribution in [0.5, 0.6) is 0 Å². The average molecular weight is 182 g/mol. The smallest absolute Gasteiger partial charge is 0.183 e. The summed E-state index contributed by atoms with van der Waals surface area (Å²) >= 11 is 0. The quantitative estimate of drug-likeness (QED) is 0.314. The maximum Gasteiger partial charge on any atom is 0.183 e. The molecule has 0 spiro atoms. The number of aliphatic hydroxyl groups excluding tert-OH is 5. The summed E-state index contributed by atoms with van der Waals surface area (Å²) in [5.74, 6) is -0.546. The lowest BCUT2D eigenvalue weighted by Gasteiger charge is -1.96. The van der Waals surface area contributed by atoms with E-state index in [1.165, 1.54) is 0 Å². The summed E-state index contributed by atoms with van der Waals surface area (Å²) in [5.41, 5.74) is 0. The Bertz CT molecular complexity index is 94.2. The monoisotopic (exact) mass is 182 g/mol. The van der Waals surface area contributed by atoms with Crippen molar-refractivity contribution in [3.05, 3.63) is 0 Å². The summed E-state index contributed by atoms with van der Waals surface area (Å²) in [4.78, 5) is 9.68. The summed E-state index contributed by atoms with van der Waals surface area (Å²) < 4.78 is 0. The van der Waals surface area contributed by atoms with Gasteiger partial charge in [0.1, 0.15) is 19.3 Å². The van der Waals surface area contributed by atoms with Gasteiger partial charge in [-0.3, -0.25) is 4.79 Å². The Labute approximate surface area is 69.7 Å². The molecule has 0 aromatic rings. The first-order valence-corrected chi connectivity index (χ1v) is 3.25. The summed E-state index contributed by atoms with van der Waals surface area (Å²) in [6, 6.07) is 0. The normalized spacial score (nSPS) is 9.17. The van der Waals surface area contributed by atoms with Crippen LogP contribution < -0.4 is 0 Å². The predicted molar refractivity (Wildman–Crippen MR) is 39.4 cm³/mol. The molecule has 0 heterocycles. The molecule has 0 amide bonds. The van der Waals surface area contributed by atoms with E-state index < -0.39 is 25.1 Å². The van der Waals surface area contributed by atoms with E-state index in [-0.39, 0.29) is 13.2 Å². The Kier molecular flexibility index (Phi) is 12.2. The van der Waals surface area contributed by atoms with Crippen molar-refractivity contribution in [1.82, 2.24) is 0 Å². The molecule has 0 aliphatic carbocycles. The van der Waals surface area contributed by atoms with E-state index in [1.54, 1.807) is 0 Å². The van der Waals surface area contributed by atoms with E-state index >= 15 is 0 Å². The highest BCUT2D eigenvalue weighted by molar-refractivity contribution is 5.80. The van der Waals surface area contributed by atoms with Crippen LogP contribution in [-0.4, -0.2) is 63.8 Å². The number of carbonyl (C=O) groups is 1. The van der Waals surface area contributed by atoms with Crippen molar-refractivity contribution in [2.75, 3.05) is 26.4 Å². The van der Waals surface area contributed by atoms with Crippen LogP contribution in [0.15, 0.2) is 0 Å². The third-order valence-corrected chi connectivity index (χ3v) is 0.774. The lowest BCUT2D eigenvalue weighted by molar-refractivity contribution is -0.124. The fourth-order valence-corrected chi connectivity index (χ4v) is 0.108. The van der Waals surface area contributed by atoms with Gasteiger partial charge in [-0.1, -0.05) is 0 Å². The fraction of sp³-hybridized carbons (Fsp3) is 0.833. The zero-order chi connectivity index (χ0) is 9.98. The van der Waals surface area contributed by atoms with Crippen LogP contribution in [0, 0.1) is 0 Å². The molecule has 0 unspecified atom stereocenters. The zero-order valence-electron chi connectivity index (χ0n) is 6.55. The van der Waals surface area contributed by atoms with Crippen LogP contribution in [0.1, 0.15) is 0 Å². The van der Waals surface area contributed by atoms with Gasteiger partial charge in [0.05, 0.1) is 13.2 Å². The highest BCUT2D eigenvalue weighted by Crippen LogP contribution is 1.71. The number of aliphatic hydroxyl groups is 5. The first-order chi connectivity index (χ1) is 5.62. The summed E-state index contributed by atoms with van der Waals surface area (Å²) in [5, 5.41) is 39.7. The van der Waals surface area contributed by atoms with Gasteiger partial charge in [-0.25, -0.2) is 0 Å². The molecular formula is C6H14O6. The van der Waals surface area contributed by atoms with Crippen LogP contribution in [-0.2, 0) is 4.79 Å². The van der Waals surface area contributed by atoms with Crippen molar-refractivity contribution < 1.29 is 30.3 Å². The minimum atomic E-state index is -0.954. The van der Waals surface area contributed by atoms with Crippen molar-refractivity contribution in [3.63, 3.8) is 0 Å². The highest BCUT2D eigenvalue weighted by atomic mass is 16.3. The Hall–Kier alpha value is -0.530. The van der Waals surface area contributed by atoms with E-state index in [0.717, 1.165) is 0 Å². The SMILES string of the molecule is O=C(CO)CO.OCC(O)CO. The van der Waals surface area contributed by atoms with Crippen molar-refractivity contribution >= 4 is 5.78 Å². The van der Waals surface area contributed by atoms with Gasteiger partial charge in [0.15, 0.2) is 5.78 Å². The molecule has 74 valence electrons. The molecule has 0 atom stereocenters. The summed E-state index contributed by atoms with van der Waals surface area (Å²) in [6.07, 6.45) is -0.954. The van der Waals surface area contributed by atoms with E-state index in [1.807, 2.05) is 0 Å². The summed E-state index contributed by atoms with van der Waals surface area (Å²) in [7, 11) is 0. The van der Waals surface area contributed by atoms with E-state index in [0.29, 0.717) is 0 Å². The lowest BCUT2D eigenvalue weighted by atomic mass is 10.4. The largest absolute Gasteiger partial charge is 0.394 e. The molecular weight excluding hydrogens is 168 g/mol. The third kappa shape index (κ3) is 12.2. The van der Waals surface area contributed by atoms with Crippen LogP contribution >= 0.6 is 0 Å². The molecule has 0 aromatic carbocycles. The number of hydrogen-bond acceptors (Lipinski definition) is 6. The average Bonchev–Trinajstić information content (AvgIpc) is 2.16. The zero-order valence-corrected chi connectivity index (χ0v) is 6.55. The maximum absolute atomic E-state index is 9.68. The molecule has 0 aromatic heterocycles. The van der Waals surface area contributed by atoms with Crippen molar-refractivity contribution in [1.29, 1.82) is 0 Å². The Morgan fingerprint density at radius 3 is 1.33 bits per heavy atom. The Balaban J connectivity index is 0. The first kappa shape index (κ1) is 14.0. The predicted octanol–water partition coefficient (Wildman–Crippen LogP) is -3.13. The first-order valence-electron chi connectivity index (χ1n) is 3.25. The molecule has 0 aliphatic rings. The van der Waals surface area contributed by atoms with E-state index in [2.05, 4.69) is 0 Å². The van der Waals surface area contributed by atoms with Crippen molar-refractivity contribution in [3.8, 4) is 0 Å². The second-order valence-electron chi connectivity index (χ2n) is 1.87. The molecule has 0 bridgehead atoms. The number of rotatable bonds is 4. The van der Waals surface area contributed by atoms with Gasteiger partial charge in [-0.05, 0) is 0 Å². The van der Waals surface area contributed by atoms with Gasteiger partial charge in [0.2, 0.25) is 0 Å². The topological polar surface area (TPSA) is 118 Å². The van der Waals surface area contributed by atoms with Gasteiger partial charge >= 0.3 is 0 Å². The van der Waals surface area contributed by atoms with Crippen LogP contribution in [0.2, 0.25) is 0 Å². The Morgan fingerprint density at radius 1 is 1.00 bits per heavy atom. The van der Waals surface area contributed by atoms with Gasteiger partial charge in [-0.15, -0.1) is 0 Å². The standard InChI is InChI=1S/C3H8O3.C3H6O3/c2*4-1-3(6)2-5/h3-6H,1-2H2;4-5H,1-2H2. The molecule has 0 radical (unpaired) electrons. The van der Waals surface area contributed by atoms with Gasteiger partial charge < -0.3 is 25.5 Å². The van der Waals surface area contributed by atoms with Crippen LogP contribution in [0.4, 0.5) is 0 Å². The van der Waals surface area contributed by atoms with E-state index in [9.17, 15) is 4.79 Å². The number of hydrogen-bond donors (Lipinski definition) is 5. The van der Waals surface area contributed by atoms with Crippen molar-refractivity contribution in [2.24, 2.45) is 0 Å².